The zero-order valence-corrected chi connectivity index (χ0v) is 16.7. The lowest BCUT2D eigenvalue weighted by molar-refractivity contribution is -0.139. The van der Waals surface area contributed by atoms with Crippen LogP contribution in [0.2, 0.25) is 0 Å². The van der Waals surface area contributed by atoms with E-state index in [4.69, 9.17) is 0 Å². The van der Waals surface area contributed by atoms with Gasteiger partial charge in [0.05, 0.1) is 5.92 Å². The highest BCUT2D eigenvalue weighted by molar-refractivity contribution is 6.07. The third kappa shape index (κ3) is 3.47. The summed E-state index contributed by atoms with van der Waals surface area (Å²) in [5.74, 6) is -0.437. The molecule has 3 aliphatic rings. The van der Waals surface area contributed by atoms with Crippen molar-refractivity contribution in [3.63, 3.8) is 0 Å². The topological polar surface area (TPSA) is 98.8 Å². The number of amides is 5. The lowest BCUT2D eigenvalue weighted by Crippen LogP contribution is -2.56. The van der Waals surface area contributed by atoms with Crippen molar-refractivity contribution in [3.05, 3.63) is 29.8 Å². The maximum Gasteiger partial charge on any atom is 0.322 e. The van der Waals surface area contributed by atoms with E-state index in [1.165, 1.54) is 0 Å². The summed E-state index contributed by atoms with van der Waals surface area (Å²) in [5, 5.41) is 4.97. The molecule has 5 amide bonds. The van der Waals surface area contributed by atoms with E-state index in [0.29, 0.717) is 38.4 Å². The minimum absolute atomic E-state index is 0.0415. The van der Waals surface area contributed by atoms with Gasteiger partial charge in [-0.25, -0.2) is 4.79 Å². The summed E-state index contributed by atoms with van der Waals surface area (Å²) in [6.45, 7) is 5.36. The van der Waals surface area contributed by atoms with Gasteiger partial charge in [0.25, 0.3) is 5.91 Å². The van der Waals surface area contributed by atoms with E-state index in [9.17, 15) is 19.2 Å². The molecule has 2 N–H and O–H groups in total. The van der Waals surface area contributed by atoms with Crippen molar-refractivity contribution in [3.8, 4) is 0 Å². The minimum atomic E-state index is -0.900. The molecular weight excluding hydrogens is 372 g/mol. The summed E-state index contributed by atoms with van der Waals surface area (Å²) in [7, 11) is 0. The number of imide groups is 1. The highest BCUT2D eigenvalue weighted by atomic mass is 16.2. The number of anilines is 1. The molecule has 8 heteroatoms. The van der Waals surface area contributed by atoms with Crippen molar-refractivity contribution in [1.82, 2.24) is 15.5 Å². The van der Waals surface area contributed by atoms with Crippen LogP contribution in [0.1, 0.15) is 44.6 Å². The van der Waals surface area contributed by atoms with E-state index >= 15 is 0 Å². The molecule has 0 radical (unpaired) electrons. The van der Waals surface area contributed by atoms with E-state index in [1.807, 2.05) is 24.3 Å². The van der Waals surface area contributed by atoms with Gasteiger partial charge < -0.3 is 15.1 Å². The molecular formula is C21H26N4O4. The number of rotatable bonds is 3. The van der Waals surface area contributed by atoms with E-state index < -0.39 is 11.6 Å². The van der Waals surface area contributed by atoms with Crippen LogP contribution < -0.4 is 15.5 Å². The number of benzene rings is 1. The van der Waals surface area contributed by atoms with E-state index in [0.717, 1.165) is 11.3 Å². The Morgan fingerprint density at radius 2 is 1.90 bits per heavy atom. The predicted molar refractivity (Wildman–Crippen MR) is 106 cm³/mol. The number of nitrogens with zero attached hydrogens (tertiary/aromatic N) is 2. The molecule has 1 spiro atoms. The Hall–Kier alpha value is -2.90. The van der Waals surface area contributed by atoms with Gasteiger partial charge >= 0.3 is 6.03 Å². The second-order valence-electron chi connectivity index (χ2n) is 8.47. The molecule has 3 saturated heterocycles. The molecule has 4 rings (SSSR count). The molecule has 3 aliphatic heterocycles. The van der Waals surface area contributed by atoms with Crippen LogP contribution in [0.3, 0.4) is 0 Å². The molecule has 3 fully saturated rings. The largest absolute Gasteiger partial charge is 0.342 e. The van der Waals surface area contributed by atoms with Crippen molar-refractivity contribution in [2.24, 2.45) is 5.92 Å². The molecule has 29 heavy (non-hydrogen) atoms. The predicted octanol–water partition coefficient (Wildman–Crippen LogP) is 1.36. The van der Waals surface area contributed by atoms with Crippen molar-refractivity contribution in [2.75, 3.05) is 24.5 Å². The lowest BCUT2D eigenvalue weighted by atomic mass is 9.87. The lowest BCUT2D eigenvalue weighted by Gasteiger charge is -2.37. The maximum absolute atomic E-state index is 13.0. The summed E-state index contributed by atoms with van der Waals surface area (Å²) in [4.78, 5) is 52.5. The number of urea groups is 1. The standard InChI is InChI=1S/C21H26N4O4/c1-13(2)14-4-3-5-16(10-14)25-12-15(11-17(25)26)18(27)24-8-6-21(7-9-24)19(28)22-20(29)23-21/h3-5,10,13,15H,6-9,11-12H2,1-2H3,(H2,22,23,28,29). The number of piperidine rings is 1. The van der Waals surface area contributed by atoms with Crippen LogP contribution in [-0.4, -0.2) is 53.8 Å². The van der Waals surface area contributed by atoms with Crippen LogP contribution in [0.15, 0.2) is 24.3 Å². The first-order chi connectivity index (χ1) is 13.8. The van der Waals surface area contributed by atoms with E-state index in [-0.39, 0.29) is 30.1 Å². The molecule has 1 aromatic rings. The first-order valence-electron chi connectivity index (χ1n) is 10.1. The monoisotopic (exact) mass is 398 g/mol. The fourth-order valence-electron chi connectivity index (χ4n) is 4.42. The van der Waals surface area contributed by atoms with Gasteiger partial charge in [0.15, 0.2) is 0 Å². The second kappa shape index (κ2) is 7.17. The molecule has 154 valence electrons. The molecule has 8 nitrogen and oxygen atoms in total. The Morgan fingerprint density at radius 3 is 2.52 bits per heavy atom. The SMILES string of the molecule is CC(C)c1cccc(N2CC(C(=O)N3CCC4(CC3)NC(=O)NC4=O)CC2=O)c1. The van der Waals surface area contributed by atoms with Gasteiger partial charge in [0, 0.05) is 31.7 Å². The van der Waals surface area contributed by atoms with Crippen LogP contribution in [0.25, 0.3) is 0 Å². The zero-order chi connectivity index (χ0) is 20.8. The van der Waals surface area contributed by atoms with Gasteiger partial charge in [-0.2, -0.15) is 0 Å². The quantitative estimate of drug-likeness (QED) is 0.751. The molecule has 1 atom stereocenters. The summed E-state index contributed by atoms with van der Waals surface area (Å²) < 4.78 is 0. The number of carbonyl (C=O) groups excluding carboxylic acids is 4. The highest BCUT2D eigenvalue weighted by Crippen LogP contribution is 2.31. The Labute approximate surface area is 169 Å². The van der Waals surface area contributed by atoms with Crippen molar-refractivity contribution in [2.45, 2.75) is 44.6 Å². The van der Waals surface area contributed by atoms with Crippen LogP contribution in [-0.2, 0) is 14.4 Å². The van der Waals surface area contributed by atoms with Gasteiger partial charge in [0.2, 0.25) is 11.8 Å². The molecule has 0 aromatic heterocycles. The average molecular weight is 398 g/mol. The molecule has 1 aromatic carbocycles. The summed E-state index contributed by atoms with van der Waals surface area (Å²) in [5.41, 5.74) is 1.09. The Balaban J connectivity index is 1.41. The fraction of sp³-hybridized carbons (Fsp3) is 0.524. The number of carbonyl (C=O) groups is 4. The first kappa shape index (κ1) is 19.4. The number of hydrogen-bond donors (Lipinski definition) is 2. The van der Waals surface area contributed by atoms with Crippen molar-refractivity contribution >= 4 is 29.4 Å². The van der Waals surface area contributed by atoms with Crippen LogP contribution in [0.5, 0.6) is 0 Å². The summed E-state index contributed by atoms with van der Waals surface area (Å²) >= 11 is 0. The molecule has 0 bridgehead atoms. The zero-order valence-electron chi connectivity index (χ0n) is 16.7. The normalized spacial score (nSPS) is 23.7. The van der Waals surface area contributed by atoms with Crippen molar-refractivity contribution in [1.29, 1.82) is 0 Å². The number of nitrogens with one attached hydrogen (secondary N) is 2. The second-order valence-corrected chi connectivity index (χ2v) is 8.47. The van der Waals surface area contributed by atoms with Crippen LogP contribution in [0, 0.1) is 5.92 Å². The molecule has 1 unspecified atom stereocenters. The molecule has 3 heterocycles. The Bertz CT molecular complexity index is 873. The summed E-state index contributed by atoms with van der Waals surface area (Å²) in [6.07, 6.45) is 0.970. The van der Waals surface area contributed by atoms with E-state index in [2.05, 4.69) is 24.5 Å². The molecule has 0 saturated carbocycles. The van der Waals surface area contributed by atoms with E-state index in [1.54, 1.807) is 9.80 Å². The van der Waals surface area contributed by atoms with Gasteiger partial charge in [-0.05, 0) is 36.5 Å². The highest BCUT2D eigenvalue weighted by Gasteiger charge is 2.49. The van der Waals surface area contributed by atoms with Crippen LogP contribution >= 0.6 is 0 Å². The van der Waals surface area contributed by atoms with Crippen LogP contribution in [0.4, 0.5) is 10.5 Å². The smallest absolute Gasteiger partial charge is 0.322 e. The minimum Gasteiger partial charge on any atom is -0.342 e. The Morgan fingerprint density at radius 1 is 1.17 bits per heavy atom. The maximum atomic E-state index is 13.0. The van der Waals surface area contributed by atoms with Gasteiger partial charge in [-0.1, -0.05) is 26.0 Å². The average Bonchev–Trinajstić information content (AvgIpc) is 3.21. The first-order valence-corrected chi connectivity index (χ1v) is 10.1. The van der Waals surface area contributed by atoms with Crippen molar-refractivity contribution < 1.29 is 19.2 Å². The van der Waals surface area contributed by atoms with Gasteiger partial charge in [-0.15, -0.1) is 0 Å². The fourth-order valence-corrected chi connectivity index (χ4v) is 4.42. The number of hydrogen-bond acceptors (Lipinski definition) is 4. The third-order valence-corrected chi connectivity index (χ3v) is 6.27. The summed E-state index contributed by atoms with van der Waals surface area (Å²) in [6, 6.07) is 7.43. The Kier molecular flexibility index (Phi) is 4.80. The van der Waals surface area contributed by atoms with Gasteiger partial charge in [-0.3, -0.25) is 19.7 Å². The number of likely N-dealkylation sites (tertiary alicyclic amines) is 1. The van der Waals surface area contributed by atoms with Gasteiger partial charge in [0.1, 0.15) is 5.54 Å². The third-order valence-electron chi connectivity index (χ3n) is 6.27. The molecule has 0 aliphatic carbocycles.